The third-order valence-corrected chi connectivity index (χ3v) is 3.18. The number of rotatable bonds is 1. The van der Waals surface area contributed by atoms with E-state index in [1.165, 1.54) is 18.6 Å². The van der Waals surface area contributed by atoms with Crippen molar-refractivity contribution in [2.45, 2.75) is 4.90 Å². The molecule has 0 amide bonds. The van der Waals surface area contributed by atoms with Gasteiger partial charge in [-0.1, -0.05) is 0 Å². The molecular weight excluding hydrogens is 226 g/mol. The Balaban J connectivity index is 2.92. The summed E-state index contributed by atoms with van der Waals surface area (Å²) < 4.78 is 23.9. The van der Waals surface area contributed by atoms with Crippen LogP contribution in [-0.2, 0) is 16.1 Å². The van der Waals surface area contributed by atoms with Crippen LogP contribution in [0.2, 0.25) is 0 Å². The summed E-state index contributed by atoms with van der Waals surface area (Å²) in [5.41, 5.74) is 0.789. The van der Waals surface area contributed by atoms with Gasteiger partial charge in [-0.05, 0) is 6.07 Å². The van der Waals surface area contributed by atoms with Gasteiger partial charge in [0, 0.05) is 23.9 Å². The zero-order valence-corrected chi connectivity index (χ0v) is 8.75. The average molecular weight is 232 g/mol. The van der Waals surface area contributed by atoms with E-state index in [1.54, 1.807) is 11.6 Å². The highest BCUT2D eigenvalue weighted by Crippen LogP contribution is 2.22. The molecule has 0 aliphatic rings. The van der Waals surface area contributed by atoms with E-state index in [0.29, 0.717) is 11.2 Å². The second kappa shape index (κ2) is 2.93. The summed E-state index contributed by atoms with van der Waals surface area (Å²) >= 11 is 0. The minimum absolute atomic E-state index is 0.00948. The van der Waals surface area contributed by atoms with Gasteiger partial charge in [0.15, 0.2) is 5.65 Å². The van der Waals surface area contributed by atoms with E-state index in [1.807, 2.05) is 0 Å². The maximum atomic E-state index is 11.1. The van der Waals surface area contributed by atoms with Crippen molar-refractivity contribution < 1.29 is 8.42 Å². The number of nitrogens with zero attached hydrogens (tertiary/aromatic N) is 3. The average Bonchev–Trinajstić information content (AvgIpc) is 2.46. The predicted molar refractivity (Wildman–Crippen MR) is 51.5 cm³/mol. The lowest BCUT2D eigenvalue weighted by Crippen LogP contribution is -1.94. The Kier molecular flexibility index (Phi) is 1.97. The molecule has 2 heterocycles. The number of pyridine rings is 1. The van der Waals surface area contributed by atoms with E-state index in [-0.39, 0.29) is 4.90 Å². The van der Waals surface area contributed by atoms with Gasteiger partial charge in [0.25, 0.3) is 9.05 Å². The first-order chi connectivity index (χ1) is 6.50. The molecule has 0 spiro atoms. The molecule has 0 aliphatic heterocycles. The highest BCUT2D eigenvalue weighted by molar-refractivity contribution is 8.14. The Morgan fingerprint density at radius 3 is 2.79 bits per heavy atom. The van der Waals surface area contributed by atoms with Crippen LogP contribution in [0, 0.1) is 0 Å². The van der Waals surface area contributed by atoms with Crippen LogP contribution < -0.4 is 0 Å². The minimum Gasteiger partial charge on any atom is -0.318 e. The van der Waals surface area contributed by atoms with Gasteiger partial charge in [-0.15, -0.1) is 0 Å². The van der Waals surface area contributed by atoms with Gasteiger partial charge in [0.2, 0.25) is 0 Å². The van der Waals surface area contributed by atoms with Gasteiger partial charge in [-0.25, -0.2) is 18.4 Å². The quantitative estimate of drug-likeness (QED) is 0.684. The molecule has 5 nitrogen and oxygen atoms in total. The smallest absolute Gasteiger partial charge is 0.263 e. The number of aryl methyl sites for hydroxylation is 1. The fraction of sp³-hybridized carbons (Fsp3) is 0.143. The van der Waals surface area contributed by atoms with Crippen molar-refractivity contribution in [3.8, 4) is 0 Å². The summed E-state index contributed by atoms with van der Waals surface area (Å²) in [5, 5.41) is 0. The van der Waals surface area contributed by atoms with Crippen molar-refractivity contribution in [2.24, 2.45) is 7.05 Å². The van der Waals surface area contributed by atoms with Crippen LogP contribution in [0.25, 0.3) is 11.2 Å². The molecule has 0 saturated heterocycles. The topological polar surface area (TPSA) is 64.8 Å². The van der Waals surface area contributed by atoms with Crippen LogP contribution in [0.15, 0.2) is 23.5 Å². The lowest BCUT2D eigenvalue weighted by molar-refractivity contribution is 0.610. The van der Waals surface area contributed by atoms with Crippen molar-refractivity contribution in [3.63, 3.8) is 0 Å². The zero-order valence-electron chi connectivity index (χ0n) is 7.18. The Bertz CT molecular complexity index is 590. The first kappa shape index (κ1) is 9.42. The normalized spacial score (nSPS) is 12.1. The molecule has 14 heavy (non-hydrogen) atoms. The van der Waals surface area contributed by atoms with Crippen LogP contribution in [-0.4, -0.2) is 23.0 Å². The molecule has 2 rings (SSSR count). The molecule has 0 saturated carbocycles. The monoisotopic (exact) mass is 231 g/mol. The first-order valence-electron chi connectivity index (χ1n) is 3.71. The second-order valence-corrected chi connectivity index (χ2v) is 5.31. The van der Waals surface area contributed by atoms with Crippen molar-refractivity contribution in [1.82, 2.24) is 14.5 Å². The van der Waals surface area contributed by atoms with Gasteiger partial charge in [0.1, 0.15) is 10.4 Å². The first-order valence-corrected chi connectivity index (χ1v) is 6.02. The highest BCUT2D eigenvalue weighted by atomic mass is 35.7. The van der Waals surface area contributed by atoms with Crippen molar-refractivity contribution in [3.05, 3.63) is 18.6 Å². The molecule has 0 atom stereocenters. The Hall–Kier alpha value is -1.14. The fourth-order valence-corrected chi connectivity index (χ4v) is 2.17. The van der Waals surface area contributed by atoms with Crippen LogP contribution >= 0.6 is 10.7 Å². The van der Waals surface area contributed by atoms with Crippen LogP contribution in [0.3, 0.4) is 0 Å². The standard InChI is InChI=1S/C7H6ClN3O2S/c1-11-4-10-6-5(14(8,12)13)2-3-9-7(6)11/h2-4H,1H3. The van der Waals surface area contributed by atoms with Gasteiger partial charge in [0.05, 0.1) is 6.33 Å². The van der Waals surface area contributed by atoms with Crippen molar-refractivity contribution in [1.29, 1.82) is 0 Å². The van der Waals surface area contributed by atoms with E-state index in [0.717, 1.165) is 0 Å². The minimum atomic E-state index is -3.76. The number of hydrogen-bond donors (Lipinski definition) is 0. The van der Waals surface area contributed by atoms with Gasteiger partial charge in [-0.2, -0.15) is 0 Å². The molecule has 0 bridgehead atoms. The third-order valence-electron chi connectivity index (χ3n) is 1.82. The molecule has 0 fully saturated rings. The van der Waals surface area contributed by atoms with Crippen molar-refractivity contribution in [2.75, 3.05) is 0 Å². The maximum Gasteiger partial charge on any atom is 0.263 e. The van der Waals surface area contributed by atoms with Crippen LogP contribution in [0.1, 0.15) is 0 Å². The fourth-order valence-electron chi connectivity index (χ4n) is 1.20. The summed E-state index contributed by atoms with van der Waals surface area (Å²) in [7, 11) is 3.21. The van der Waals surface area contributed by atoms with E-state index >= 15 is 0 Å². The number of halogens is 1. The van der Waals surface area contributed by atoms with E-state index in [4.69, 9.17) is 10.7 Å². The molecule has 2 aromatic rings. The Morgan fingerprint density at radius 2 is 2.14 bits per heavy atom. The van der Waals surface area contributed by atoms with E-state index < -0.39 is 9.05 Å². The molecule has 74 valence electrons. The molecule has 0 radical (unpaired) electrons. The van der Waals surface area contributed by atoms with Gasteiger partial charge < -0.3 is 4.57 Å². The number of fused-ring (bicyclic) bond motifs is 1. The second-order valence-electron chi connectivity index (χ2n) is 2.77. The Morgan fingerprint density at radius 1 is 1.43 bits per heavy atom. The molecule has 0 aromatic carbocycles. The van der Waals surface area contributed by atoms with Gasteiger partial charge >= 0.3 is 0 Å². The molecular formula is C7H6ClN3O2S. The molecule has 0 aliphatic carbocycles. The molecule has 2 aromatic heterocycles. The zero-order chi connectivity index (χ0) is 10.3. The summed E-state index contributed by atoms with van der Waals surface area (Å²) in [6, 6.07) is 1.33. The summed E-state index contributed by atoms with van der Waals surface area (Å²) in [6.07, 6.45) is 2.88. The van der Waals surface area contributed by atoms with Crippen LogP contribution in [0.5, 0.6) is 0 Å². The maximum absolute atomic E-state index is 11.1. The molecule has 7 heteroatoms. The summed E-state index contributed by atoms with van der Waals surface area (Å²) in [6.45, 7) is 0. The van der Waals surface area contributed by atoms with E-state index in [9.17, 15) is 8.42 Å². The Labute approximate surface area is 84.8 Å². The van der Waals surface area contributed by atoms with Crippen LogP contribution in [0.4, 0.5) is 0 Å². The number of aromatic nitrogens is 3. The predicted octanol–water partition coefficient (Wildman–Crippen LogP) is 0.896. The lowest BCUT2D eigenvalue weighted by atomic mass is 10.4. The van der Waals surface area contributed by atoms with E-state index in [2.05, 4.69) is 9.97 Å². The molecule has 0 N–H and O–H groups in total. The lowest BCUT2D eigenvalue weighted by Gasteiger charge is -1.97. The third kappa shape index (κ3) is 1.36. The number of imidazole rings is 1. The number of hydrogen-bond acceptors (Lipinski definition) is 4. The van der Waals surface area contributed by atoms with Crippen molar-refractivity contribution >= 4 is 30.9 Å². The van der Waals surface area contributed by atoms with Gasteiger partial charge in [-0.3, -0.25) is 0 Å². The SMILES string of the molecule is Cn1cnc2c(S(=O)(=O)Cl)ccnc21. The molecule has 0 unspecified atom stereocenters. The largest absolute Gasteiger partial charge is 0.318 e. The summed E-state index contributed by atoms with van der Waals surface area (Å²) in [4.78, 5) is 7.90. The summed E-state index contributed by atoms with van der Waals surface area (Å²) in [5.74, 6) is 0. The highest BCUT2D eigenvalue weighted by Gasteiger charge is 2.16.